The van der Waals surface area contributed by atoms with E-state index < -0.39 is 0 Å². The molecule has 0 amide bonds. The molecule has 2 fully saturated rings. The molecule has 0 N–H and O–H groups in total. The van der Waals surface area contributed by atoms with Crippen LogP contribution in [0, 0.1) is 11.8 Å². The van der Waals surface area contributed by atoms with Crippen LogP contribution in [0.15, 0.2) is 36.7 Å². The van der Waals surface area contributed by atoms with Crippen LogP contribution in [-0.4, -0.2) is 32.0 Å². The highest BCUT2D eigenvalue weighted by molar-refractivity contribution is 8.17. The van der Waals surface area contributed by atoms with Gasteiger partial charge in [-0.05, 0) is 73.8 Å². The topological polar surface area (TPSA) is 52.1 Å². The lowest BCUT2D eigenvalue weighted by Gasteiger charge is -2.28. The normalized spacial score (nSPS) is 23.4. The van der Waals surface area contributed by atoms with Gasteiger partial charge in [-0.15, -0.1) is 23.5 Å². The predicted molar refractivity (Wildman–Crippen MR) is 168 cm³/mol. The van der Waals surface area contributed by atoms with E-state index in [-0.39, 0.29) is 11.9 Å². The average molecular weight is 569 g/mol. The van der Waals surface area contributed by atoms with E-state index in [0.717, 1.165) is 28.8 Å². The summed E-state index contributed by atoms with van der Waals surface area (Å²) in [7, 11) is 0. The first-order valence-corrected chi connectivity index (χ1v) is 17.6. The molecule has 0 atom stereocenters. The Balaban J connectivity index is 1.19. The van der Waals surface area contributed by atoms with Crippen molar-refractivity contribution in [1.29, 1.82) is 0 Å². The molecule has 0 radical (unpaired) electrons. The predicted octanol–water partition coefficient (Wildman–Crippen LogP) is 9.69. The summed E-state index contributed by atoms with van der Waals surface area (Å²) in [6, 6.07) is 7.64. The fourth-order valence-electron chi connectivity index (χ4n) is 5.80. The third-order valence-electron chi connectivity index (χ3n) is 8.38. The Labute approximate surface area is 245 Å². The molecule has 1 aromatic heterocycles. The number of thioether (sulfide) groups is 2. The van der Waals surface area contributed by atoms with E-state index in [1.807, 2.05) is 60.2 Å². The Kier molecular flexibility index (Phi) is 13.0. The van der Waals surface area contributed by atoms with Gasteiger partial charge in [0.05, 0.1) is 10.5 Å². The summed E-state index contributed by atoms with van der Waals surface area (Å²) >= 11 is 3.84. The van der Waals surface area contributed by atoms with Crippen molar-refractivity contribution in [3.05, 3.63) is 42.2 Å². The number of rotatable bonds is 14. The van der Waals surface area contributed by atoms with E-state index >= 15 is 0 Å². The van der Waals surface area contributed by atoms with Gasteiger partial charge in [-0.1, -0.05) is 71.6 Å². The second-order valence-electron chi connectivity index (χ2n) is 11.5. The number of carbonyl (C=O) groups is 1. The molecule has 1 aromatic carbocycles. The molecule has 1 saturated heterocycles. The number of unbranched alkanes of at least 4 members (excludes halogenated alkanes) is 6. The average Bonchev–Trinajstić information content (AvgIpc) is 2.98. The largest absolute Gasteiger partial charge is 0.426 e. The molecule has 2 aromatic rings. The summed E-state index contributed by atoms with van der Waals surface area (Å²) in [5.41, 5.74) is 2.23. The van der Waals surface area contributed by atoms with Gasteiger partial charge in [0.1, 0.15) is 5.75 Å². The maximum absolute atomic E-state index is 12.7. The number of aromatic nitrogens is 2. The van der Waals surface area contributed by atoms with Crippen LogP contribution in [0.2, 0.25) is 0 Å². The zero-order valence-electron chi connectivity index (χ0n) is 24.1. The zero-order valence-corrected chi connectivity index (χ0v) is 25.7. The van der Waals surface area contributed by atoms with Gasteiger partial charge >= 0.3 is 5.97 Å². The van der Waals surface area contributed by atoms with Crippen LogP contribution in [0.5, 0.6) is 5.75 Å². The second-order valence-corrected chi connectivity index (χ2v) is 14.3. The first kappa shape index (κ1) is 30.4. The van der Waals surface area contributed by atoms with Crippen molar-refractivity contribution in [3.63, 3.8) is 0 Å². The van der Waals surface area contributed by atoms with Crippen molar-refractivity contribution in [1.82, 2.24) is 9.97 Å². The van der Waals surface area contributed by atoms with Gasteiger partial charge in [0.15, 0.2) is 5.82 Å². The van der Waals surface area contributed by atoms with Gasteiger partial charge in [-0.3, -0.25) is 4.79 Å². The molecule has 214 valence electrons. The first-order chi connectivity index (χ1) is 19.2. The van der Waals surface area contributed by atoms with Crippen molar-refractivity contribution in [2.45, 2.75) is 114 Å². The van der Waals surface area contributed by atoms with Gasteiger partial charge in [-0.25, -0.2) is 9.97 Å². The van der Waals surface area contributed by atoms with Gasteiger partial charge in [0.2, 0.25) is 0 Å². The quantitative estimate of drug-likeness (QED) is 0.128. The number of hydrogen-bond acceptors (Lipinski definition) is 6. The van der Waals surface area contributed by atoms with Crippen LogP contribution < -0.4 is 4.74 Å². The lowest BCUT2D eigenvalue weighted by Crippen LogP contribution is -2.29. The SMILES string of the molecule is CCCCCCC[C@H]1CC[C@H](c2cnc(-c3ccc(OC(=O)C4CSC(CCCCC)SC4)cc3)nc2)CC1. The Hall–Kier alpha value is -1.53. The van der Waals surface area contributed by atoms with Crippen molar-refractivity contribution in [2.75, 3.05) is 11.5 Å². The molecule has 2 aliphatic rings. The van der Waals surface area contributed by atoms with E-state index in [9.17, 15) is 4.79 Å². The maximum Gasteiger partial charge on any atom is 0.316 e. The number of carbonyl (C=O) groups excluding carboxylic acids is 1. The van der Waals surface area contributed by atoms with Gasteiger partial charge < -0.3 is 4.74 Å². The van der Waals surface area contributed by atoms with E-state index in [2.05, 4.69) is 13.8 Å². The summed E-state index contributed by atoms with van der Waals surface area (Å²) in [6.45, 7) is 4.53. The Morgan fingerprint density at radius 2 is 1.44 bits per heavy atom. The fourth-order valence-corrected chi connectivity index (χ4v) is 8.87. The van der Waals surface area contributed by atoms with Crippen molar-refractivity contribution >= 4 is 29.5 Å². The maximum atomic E-state index is 12.7. The summed E-state index contributed by atoms with van der Waals surface area (Å²) in [5.74, 6) is 4.43. The number of hydrogen-bond donors (Lipinski definition) is 0. The number of esters is 1. The smallest absolute Gasteiger partial charge is 0.316 e. The molecule has 1 aliphatic carbocycles. The molecule has 4 nitrogen and oxygen atoms in total. The van der Waals surface area contributed by atoms with Crippen LogP contribution in [0.3, 0.4) is 0 Å². The molecule has 1 saturated carbocycles. The molecule has 39 heavy (non-hydrogen) atoms. The first-order valence-electron chi connectivity index (χ1n) is 15.5. The van der Waals surface area contributed by atoms with Gasteiger partial charge in [0.25, 0.3) is 0 Å². The molecule has 0 unspecified atom stereocenters. The lowest BCUT2D eigenvalue weighted by molar-refractivity contribution is -0.137. The third kappa shape index (κ3) is 9.81. The minimum absolute atomic E-state index is 0.0289. The summed E-state index contributed by atoms with van der Waals surface area (Å²) < 4.78 is 6.35. The molecule has 6 heteroatoms. The van der Waals surface area contributed by atoms with E-state index in [4.69, 9.17) is 14.7 Å². The Morgan fingerprint density at radius 1 is 0.821 bits per heavy atom. The van der Waals surface area contributed by atoms with Crippen LogP contribution in [-0.2, 0) is 4.79 Å². The minimum atomic E-state index is -0.110. The monoisotopic (exact) mass is 568 g/mol. The second kappa shape index (κ2) is 16.7. The molecular formula is C33H48N2O2S2. The lowest BCUT2D eigenvalue weighted by atomic mass is 9.77. The minimum Gasteiger partial charge on any atom is -0.426 e. The molecule has 2 heterocycles. The van der Waals surface area contributed by atoms with Crippen LogP contribution >= 0.6 is 23.5 Å². The van der Waals surface area contributed by atoms with E-state index in [1.165, 1.54) is 95.5 Å². The fraction of sp³-hybridized carbons (Fsp3) is 0.667. The van der Waals surface area contributed by atoms with Crippen molar-refractivity contribution in [3.8, 4) is 17.1 Å². The van der Waals surface area contributed by atoms with Gasteiger partial charge in [-0.2, -0.15) is 0 Å². The summed E-state index contributed by atoms with van der Waals surface area (Å²) in [4.78, 5) is 22.1. The zero-order chi connectivity index (χ0) is 27.3. The summed E-state index contributed by atoms with van der Waals surface area (Å²) in [5, 5.41) is 0. The van der Waals surface area contributed by atoms with Crippen LogP contribution in [0.25, 0.3) is 11.4 Å². The molecule has 0 bridgehead atoms. The van der Waals surface area contributed by atoms with E-state index in [1.54, 1.807) is 0 Å². The van der Waals surface area contributed by atoms with E-state index in [0.29, 0.717) is 16.2 Å². The third-order valence-corrected chi connectivity index (χ3v) is 11.6. The highest BCUT2D eigenvalue weighted by Gasteiger charge is 2.28. The van der Waals surface area contributed by atoms with Crippen molar-refractivity contribution < 1.29 is 9.53 Å². The molecule has 0 spiro atoms. The molecule has 4 rings (SSSR count). The number of nitrogens with zero attached hydrogens (tertiary/aromatic N) is 2. The Morgan fingerprint density at radius 3 is 2.10 bits per heavy atom. The van der Waals surface area contributed by atoms with Crippen LogP contribution in [0.1, 0.15) is 115 Å². The highest BCUT2D eigenvalue weighted by atomic mass is 32.2. The highest BCUT2D eigenvalue weighted by Crippen LogP contribution is 2.38. The number of ether oxygens (including phenoxy) is 1. The Bertz CT molecular complexity index is 966. The standard InChI is InChI=1S/C33H48N2O2S2/c1-3-5-7-8-10-11-25-13-15-26(16-14-25)28-21-34-32(35-22-28)27-17-19-30(20-18-27)37-33(36)29-23-38-31(39-24-29)12-9-6-4-2/h17-22,25-26,29,31H,3-16,23-24H2,1-2H3/t25-,26-,29?,31?. The van der Waals surface area contributed by atoms with Crippen molar-refractivity contribution in [2.24, 2.45) is 11.8 Å². The van der Waals surface area contributed by atoms with Crippen LogP contribution in [0.4, 0.5) is 0 Å². The molecule has 1 aliphatic heterocycles. The molecular weight excluding hydrogens is 521 g/mol. The van der Waals surface area contributed by atoms with Gasteiger partial charge in [0, 0.05) is 29.5 Å². The number of benzene rings is 1. The summed E-state index contributed by atoms with van der Waals surface area (Å²) in [6.07, 6.45) is 22.7.